The first-order valence-corrected chi connectivity index (χ1v) is 8.98. The number of nitrogens with two attached hydrogens (primary N) is 1. The molecule has 0 unspecified atom stereocenters. The van der Waals surface area contributed by atoms with Gasteiger partial charge in [-0.1, -0.05) is 12.1 Å². The predicted molar refractivity (Wildman–Crippen MR) is 113 cm³/mol. The molecule has 1 heterocycles. The van der Waals surface area contributed by atoms with Gasteiger partial charge >= 0.3 is 0 Å². The fourth-order valence-corrected chi connectivity index (χ4v) is 2.89. The summed E-state index contributed by atoms with van der Waals surface area (Å²) < 4.78 is 11.0. The minimum absolute atomic E-state index is 0. The number of nitrogens with zero attached hydrogens (tertiary/aromatic N) is 1. The maximum Gasteiger partial charge on any atom is 0.227 e. The van der Waals surface area contributed by atoms with Crippen LogP contribution in [0.4, 0.5) is 0 Å². The molecule has 27 heavy (non-hydrogen) atoms. The third-order valence-corrected chi connectivity index (χ3v) is 4.75. The number of nitrogens with one attached hydrogen (secondary N) is 1. The highest BCUT2D eigenvalue weighted by Gasteiger charge is 2.38. The lowest BCUT2D eigenvalue weighted by molar-refractivity contribution is -0.135. The first-order chi connectivity index (χ1) is 12.1. The molecule has 1 fully saturated rings. The summed E-state index contributed by atoms with van der Waals surface area (Å²) in [6.07, 6.45) is 2.20. The molecule has 0 aromatic heterocycles. The van der Waals surface area contributed by atoms with Gasteiger partial charge in [-0.05, 0) is 51.1 Å². The van der Waals surface area contributed by atoms with Crippen molar-refractivity contribution >= 4 is 30.7 Å². The maximum atomic E-state index is 12.5. The predicted octanol–water partition coefficient (Wildman–Crippen LogP) is 1.88. The Balaban J connectivity index is 0.00000338. The SMILES string of the molecule is CN(C)CCOc1ccc(CCNC(=O)C2(CN)CCOCC2)cc1.Cl.Cl. The standard InChI is InChI=1S/C19H31N3O3.2ClH/c1-22(2)11-14-25-17-5-3-16(4-6-17)7-10-21-18(23)19(15-20)8-12-24-13-9-19;;/h3-6H,7-15,20H2,1-2H3,(H,21,23);2*1H. The first kappa shape index (κ1) is 26.0. The molecule has 0 bridgehead atoms. The summed E-state index contributed by atoms with van der Waals surface area (Å²) in [5.74, 6) is 0.931. The molecular weight excluding hydrogens is 389 g/mol. The number of ether oxygens (including phenoxy) is 2. The number of hydrogen-bond acceptors (Lipinski definition) is 5. The zero-order valence-corrected chi connectivity index (χ0v) is 17.9. The van der Waals surface area contributed by atoms with E-state index in [2.05, 4.69) is 10.2 Å². The molecule has 8 heteroatoms. The van der Waals surface area contributed by atoms with Crippen molar-refractivity contribution in [3.8, 4) is 5.75 Å². The van der Waals surface area contributed by atoms with E-state index < -0.39 is 5.41 Å². The van der Waals surface area contributed by atoms with E-state index in [0.717, 1.165) is 18.7 Å². The number of carbonyl (C=O) groups is 1. The van der Waals surface area contributed by atoms with Gasteiger partial charge in [0.25, 0.3) is 0 Å². The van der Waals surface area contributed by atoms with Crippen molar-refractivity contribution in [3.63, 3.8) is 0 Å². The molecule has 1 aromatic rings. The Kier molecular flexibility index (Phi) is 12.7. The Hall–Kier alpha value is -1.05. The fourth-order valence-electron chi connectivity index (χ4n) is 2.89. The summed E-state index contributed by atoms with van der Waals surface area (Å²) in [5, 5.41) is 3.04. The molecule has 6 nitrogen and oxygen atoms in total. The van der Waals surface area contributed by atoms with Crippen LogP contribution in [0, 0.1) is 5.41 Å². The Morgan fingerprint density at radius 2 is 1.85 bits per heavy atom. The van der Waals surface area contributed by atoms with Gasteiger partial charge in [-0.25, -0.2) is 0 Å². The van der Waals surface area contributed by atoms with Gasteiger partial charge in [-0.15, -0.1) is 24.8 Å². The molecule has 0 saturated carbocycles. The molecule has 1 aliphatic rings. The molecule has 156 valence electrons. The van der Waals surface area contributed by atoms with E-state index >= 15 is 0 Å². The van der Waals surface area contributed by atoms with Crippen LogP contribution in [0.5, 0.6) is 5.75 Å². The highest BCUT2D eigenvalue weighted by atomic mass is 35.5. The molecule has 1 amide bonds. The van der Waals surface area contributed by atoms with Crippen LogP contribution in [-0.2, 0) is 16.0 Å². The van der Waals surface area contributed by atoms with Crippen LogP contribution in [0.3, 0.4) is 0 Å². The van der Waals surface area contributed by atoms with Crippen molar-refractivity contribution in [2.75, 3.05) is 53.6 Å². The molecule has 0 aliphatic carbocycles. The van der Waals surface area contributed by atoms with Crippen molar-refractivity contribution in [2.24, 2.45) is 11.1 Å². The molecule has 3 N–H and O–H groups in total. The second-order valence-corrected chi connectivity index (χ2v) is 6.90. The molecule has 1 aromatic carbocycles. The van der Waals surface area contributed by atoms with E-state index in [9.17, 15) is 4.79 Å². The van der Waals surface area contributed by atoms with Crippen LogP contribution < -0.4 is 15.8 Å². The summed E-state index contributed by atoms with van der Waals surface area (Å²) in [4.78, 5) is 14.6. The zero-order chi connectivity index (χ0) is 18.1. The van der Waals surface area contributed by atoms with E-state index in [4.69, 9.17) is 15.2 Å². The van der Waals surface area contributed by atoms with Crippen LogP contribution in [0.1, 0.15) is 18.4 Å². The Morgan fingerprint density at radius 1 is 1.22 bits per heavy atom. The van der Waals surface area contributed by atoms with Crippen LogP contribution >= 0.6 is 24.8 Å². The topological polar surface area (TPSA) is 76.8 Å². The highest BCUT2D eigenvalue weighted by Crippen LogP contribution is 2.29. The van der Waals surface area contributed by atoms with Crippen LogP contribution in [0.15, 0.2) is 24.3 Å². The maximum absolute atomic E-state index is 12.5. The first-order valence-electron chi connectivity index (χ1n) is 8.98. The van der Waals surface area contributed by atoms with Gasteiger partial charge in [0.15, 0.2) is 0 Å². The highest BCUT2D eigenvalue weighted by molar-refractivity contribution is 5.85. The second-order valence-electron chi connectivity index (χ2n) is 6.90. The Bertz CT molecular complexity index is 536. The molecule has 0 radical (unpaired) electrons. The molecule has 1 saturated heterocycles. The van der Waals surface area contributed by atoms with Crippen molar-refractivity contribution in [1.82, 2.24) is 10.2 Å². The van der Waals surface area contributed by atoms with E-state index in [1.807, 2.05) is 38.4 Å². The average molecular weight is 422 g/mol. The Morgan fingerprint density at radius 3 is 2.41 bits per heavy atom. The number of carbonyl (C=O) groups excluding carboxylic acids is 1. The molecule has 2 rings (SSSR count). The number of likely N-dealkylation sites (N-methyl/N-ethyl adjacent to an activating group) is 1. The summed E-state index contributed by atoms with van der Waals surface area (Å²) in [7, 11) is 4.05. The molecule has 0 atom stereocenters. The van der Waals surface area contributed by atoms with Crippen LogP contribution in [0.25, 0.3) is 0 Å². The van der Waals surface area contributed by atoms with Crippen LogP contribution in [0.2, 0.25) is 0 Å². The summed E-state index contributed by atoms with van der Waals surface area (Å²) in [5.41, 5.74) is 6.58. The quantitative estimate of drug-likeness (QED) is 0.636. The normalized spacial score (nSPS) is 15.4. The minimum Gasteiger partial charge on any atom is -0.492 e. The van der Waals surface area contributed by atoms with Gasteiger partial charge in [0, 0.05) is 32.8 Å². The van der Waals surface area contributed by atoms with Gasteiger partial charge in [-0.3, -0.25) is 4.79 Å². The van der Waals surface area contributed by atoms with Gasteiger partial charge in [0.2, 0.25) is 5.91 Å². The van der Waals surface area contributed by atoms with Gasteiger partial charge < -0.3 is 25.4 Å². The van der Waals surface area contributed by atoms with E-state index in [-0.39, 0.29) is 30.7 Å². The van der Waals surface area contributed by atoms with Gasteiger partial charge in [0.1, 0.15) is 12.4 Å². The van der Waals surface area contributed by atoms with E-state index in [1.165, 1.54) is 5.56 Å². The number of benzene rings is 1. The van der Waals surface area contributed by atoms with Gasteiger partial charge in [0.05, 0.1) is 5.41 Å². The number of hydrogen-bond donors (Lipinski definition) is 2. The lowest BCUT2D eigenvalue weighted by atomic mass is 9.79. The summed E-state index contributed by atoms with van der Waals surface area (Å²) >= 11 is 0. The average Bonchev–Trinajstić information content (AvgIpc) is 2.63. The minimum atomic E-state index is -0.456. The fraction of sp³-hybridized carbons (Fsp3) is 0.632. The number of halogens is 2. The van der Waals surface area contributed by atoms with Crippen molar-refractivity contribution in [1.29, 1.82) is 0 Å². The van der Waals surface area contributed by atoms with Crippen molar-refractivity contribution in [3.05, 3.63) is 29.8 Å². The molecule has 1 aliphatic heterocycles. The lowest BCUT2D eigenvalue weighted by Crippen LogP contribution is -2.49. The smallest absolute Gasteiger partial charge is 0.227 e. The number of rotatable bonds is 9. The van der Waals surface area contributed by atoms with E-state index in [1.54, 1.807) is 0 Å². The molecular formula is C19H33Cl2N3O3. The zero-order valence-electron chi connectivity index (χ0n) is 16.2. The third-order valence-electron chi connectivity index (χ3n) is 4.75. The summed E-state index contributed by atoms with van der Waals surface area (Å²) in [6, 6.07) is 8.05. The lowest BCUT2D eigenvalue weighted by Gasteiger charge is -2.34. The Labute approximate surface area is 175 Å². The largest absolute Gasteiger partial charge is 0.492 e. The monoisotopic (exact) mass is 421 g/mol. The molecule has 0 spiro atoms. The van der Waals surface area contributed by atoms with Crippen molar-refractivity contribution in [2.45, 2.75) is 19.3 Å². The van der Waals surface area contributed by atoms with Gasteiger partial charge in [-0.2, -0.15) is 0 Å². The second kappa shape index (κ2) is 13.2. The van der Waals surface area contributed by atoms with Crippen molar-refractivity contribution < 1.29 is 14.3 Å². The number of amides is 1. The summed E-state index contributed by atoms with van der Waals surface area (Å²) in [6.45, 7) is 3.78. The van der Waals surface area contributed by atoms with Crippen LogP contribution in [-0.4, -0.2) is 64.4 Å². The third kappa shape index (κ3) is 8.23. The van der Waals surface area contributed by atoms with E-state index in [0.29, 0.717) is 45.8 Å².